The standard InChI is InChI=1S/C40H34N4O4/c41-23-27(39(45)46)7-1-5-25-13-19-37-33(21-25)31-9-3-11-35(31)43(37)29-15-17-30(18-16-29)44-36-12-4-10-32(36)34-22-26(14-20-38(34)44)6-2-8-28(24-42)40(47)48/h1-2,5-8,13-22,31-32,35-36H,3-4,9-12H2,(H,45,46)(H,47,48)/b5-1+,6-2+,27-7-,28-8+. The molecular formula is C40H34N4O4. The van der Waals surface area contributed by atoms with Crippen LogP contribution in [0.2, 0.25) is 0 Å². The van der Waals surface area contributed by atoms with Gasteiger partial charge in [-0.2, -0.15) is 10.5 Å². The smallest absolute Gasteiger partial charge is 0.346 e. The minimum atomic E-state index is -1.23. The predicted molar refractivity (Wildman–Crippen MR) is 185 cm³/mol. The van der Waals surface area contributed by atoms with Crippen molar-refractivity contribution in [2.75, 3.05) is 9.80 Å². The molecule has 238 valence electrons. The Bertz CT molecular complexity index is 1870. The molecular weight excluding hydrogens is 600 g/mol. The number of carbonyl (C=O) groups is 2. The Morgan fingerprint density at radius 3 is 1.44 bits per heavy atom. The van der Waals surface area contributed by atoms with Crippen LogP contribution in [-0.4, -0.2) is 34.2 Å². The normalized spacial score (nSPS) is 22.8. The molecule has 2 aliphatic carbocycles. The summed E-state index contributed by atoms with van der Waals surface area (Å²) >= 11 is 0. The number of aliphatic carboxylic acids is 2. The summed E-state index contributed by atoms with van der Waals surface area (Å²) in [5, 5.41) is 36.3. The number of allylic oxidation sites excluding steroid dienone is 4. The fourth-order valence-corrected chi connectivity index (χ4v) is 8.23. The van der Waals surface area contributed by atoms with Gasteiger partial charge in [0.1, 0.15) is 23.3 Å². The zero-order valence-electron chi connectivity index (χ0n) is 26.3. The highest BCUT2D eigenvalue weighted by atomic mass is 16.4. The third kappa shape index (κ3) is 5.46. The highest BCUT2D eigenvalue weighted by Gasteiger charge is 2.44. The van der Waals surface area contributed by atoms with Gasteiger partial charge in [-0.05, 0) is 109 Å². The average molecular weight is 635 g/mol. The lowest BCUT2D eigenvalue weighted by molar-refractivity contribution is -0.133. The lowest BCUT2D eigenvalue weighted by Crippen LogP contribution is -2.27. The van der Waals surface area contributed by atoms with Gasteiger partial charge >= 0.3 is 11.9 Å². The van der Waals surface area contributed by atoms with Gasteiger partial charge < -0.3 is 20.0 Å². The number of carboxylic acids is 2. The number of hydrogen-bond donors (Lipinski definition) is 2. The van der Waals surface area contributed by atoms with E-state index in [-0.39, 0.29) is 11.1 Å². The first-order chi connectivity index (χ1) is 23.4. The fraction of sp³-hybridized carbons (Fsp3) is 0.250. The molecule has 2 fully saturated rings. The molecule has 7 rings (SSSR count). The number of benzene rings is 3. The van der Waals surface area contributed by atoms with Crippen LogP contribution in [0.3, 0.4) is 0 Å². The summed E-state index contributed by atoms with van der Waals surface area (Å²) in [6.07, 6.45) is 16.5. The Kier molecular flexibility index (Phi) is 8.17. The second kappa shape index (κ2) is 12.7. The highest BCUT2D eigenvalue weighted by Crippen LogP contribution is 2.55. The quantitative estimate of drug-likeness (QED) is 0.144. The van der Waals surface area contributed by atoms with Crippen molar-refractivity contribution in [2.45, 2.75) is 62.4 Å². The number of rotatable bonds is 8. The van der Waals surface area contributed by atoms with E-state index in [9.17, 15) is 9.59 Å². The van der Waals surface area contributed by atoms with Crippen LogP contribution in [0.15, 0.2) is 96.1 Å². The van der Waals surface area contributed by atoms with Crippen LogP contribution < -0.4 is 9.80 Å². The van der Waals surface area contributed by atoms with E-state index >= 15 is 0 Å². The first-order valence-corrected chi connectivity index (χ1v) is 16.4. The Balaban J connectivity index is 1.15. The van der Waals surface area contributed by atoms with Gasteiger partial charge in [0.2, 0.25) is 0 Å². The first kappa shape index (κ1) is 30.8. The molecule has 3 aromatic rings. The van der Waals surface area contributed by atoms with Crippen LogP contribution in [0.25, 0.3) is 12.2 Å². The molecule has 3 aromatic carbocycles. The van der Waals surface area contributed by atoms with Crippen molar-refractivity contribution in [3.05, 3.63) is 118 Å². The van der Waals surface area contributed by atoms with E-state index in [1.807, 2.05) is 24.3 Å². The van der Waals surface area contributed by atoms with Crippen molar-refractivity contribution in [1.82, 2.24) is 0 Å². The minimum Gasteiger partial charge on any atom is -0.477 e. The van der Waals surface area contributed by atoms with Gasteiger partial charge in [-0.15, -0.1) is 0 Å². The number of fused-ring (bicyclic) bond motifs is 6. The number of hydrogen-bond acceptors (Lipinski definition) is 6. The van der Waals surface area contributed by atoms with Crippen LogP contribution >= 0.6 is 0 Å². The predicted octanol–water partition coefficient (Wildman–Crippen LogP) is 8.36. The Hall–Kier alpha value is -5.86. The van der Waals surface area contributed by atoms with Crippen molar-refractivity contribution < 1.29 is 19.8 Å². The molecule has 0 saturated heterocycles. The summed E-state index contributed by atoms with van der Waals surface area (Å²) in [5.41, 5.74) is 8.81. The molecule has 4 atom stereocenters. The van der Waals surface area contributed by atoms with E-state index in [1.54, 1.807) is 24.3 Å². The SMILES string of the molecule is N#C/C(=C/C=C/c1ccc2c(c1)C1CCCC1N2c1ccc(N2c3ccc(/C=C/C=C(\C#N)C(=O)O)cc3C3CCCC32)cc1)C(=O)O. The van der Waals surface area contributed by atoms with Crippen molar-refractivity contribution in [1.29, 1.82) is 10.5 Å². The monoisotopic (exact) mass is 634 g/mol. The second-order valence-electron chi connectivity index (χ2n) is 12.8. The van der Waals surface area contributed by atoms with E-state index in [0.717, 1.165) is 36.8 Å². The van der Waals surface area contributed by atoms with E-state index in [0.29, 0.717) is 23.9 Å². The lowest BCUT2D eigenvalue weighted by atomic mass is 9.96. The molecule has 4 unspecified atom stereocenters. The second-order valence-corrected chi connectivity index (χ2v) is 12.8. The molecule has 8 nitrogen and oxygen atoms in total. The number of nitrogens with zero attached hydrogens (tertiary/aromatic N) is 4. The van der Waals surface area contributed by atoms with Crippen molar-refractivity contribution in [3.63, 3.8) is 0 Å². The average Bonchev–Trinajstić information content (AvgIpc) is 3.87. The van der Waals surface area contributed by atoms with E-state index in [1.165, 1.54) is 58.9 Å². The summed E-state index contributed by atoms with van der Waals surface area (Å²) in [6, 6.07) is 26.0. The first-order valence-electron chi connectivity index (χ1n) is 16.4. The zero-order chi connectivity index (χ0) is 33.4. The Morgan fingerprint density at radius 2 is 1.06 bits per heavy atom. The van der Waals surface area contributed by atoms with E-state index < -0.39 is 11.9 Å². The van der Waals surface area contributed by atoms with Crippen LogP contribution in [0.4, 0.5) is 22.7 Å². The molecule has 0 spiro atoms. The van der Waals surface area contributed by atoms with Gasteiger partial charge in [0.15, 0.2) is 0 Å². The molecule has 0 bridgehead atoms. The topological polar surface area (TPSA) is 129 Å². The van der Waals surface area contributed by atoms with Crippen LogP contribution in [0, 0.1) is 22.7 Å². The highest BCUT2D eigenvalue weighted by molar-refractivity contribution is 5.92. The maximum atomic E-state index is 11.1. The van der Waals surface area contributed by atoms with Gasteiger partial charge in [0.25, 0.3) is 0 Å². The van der Waals surface area contributed by atoms with E-state index in [2.05, 4.69) is 58.3 Å². The number of carboxylic acid groups (broad SMARTS) is 2. The largest absolute Gasteiger partial charge is 0.477 e. The van der Waals surface area contributed by atoms with Gasteiger partial charge in [-0.3, -0.25) is 0 Å². The molecule has 2 N–H and O–H groups in total. The van der Waals surface area contributed by atoms with Gasteiger partial charge in [-0.1, -0.05) is 49.3 Å². The summed E-state index contributed by atoms with van der Waals surface area (Å²) in [6.45, 7) is 0. The fourth-order valence-electron chi connectivity index (χ4n) is 8.23. The van der Waals surface area contributed by atoms with Gasteiger partial charge in [0.05, 0.1) is 0 Å². The lowest BCUT2D eigenvalue weighted by Gasteiger charge is -2.30. The molecule has 48 heavy (non-hydrogen) atoms. The molecule has 0 radical (unpaired) electrons. The summed E-state index contributed by atoms with van der Waals surface area (Å²) in [4.78, 5) is 27.3. The van der Waals surface area contributed by atoms with E-state index in [4.69, 9.17) is 20.7 Å². The van der Waals surface area contributed by atoms with Crippen molar-refractivity contribution in [2.24, 2.45) is 0 Å². The van der Waals surface area contributed by atoms with Gasteiger partial charge in [0, 0.05) is 46.7 Å². The van der Waals surface area contributed by atoms with Crippen LogP contribution in [0.1, 0.15) is 72.6 Å². The number of nitriles is 2. The molecule has 2 aliphatic heterocycles. The Labute approximate surface area is 279 Å². The molecule has 0 amide bonds. The molecule has 2 heterocycles. The third-order valence-corrected chi connectivity index (χ3v) is 10.3. The zero-order valence-corrected chi connectivity index (χ0v) is 26.3. The van der Waals surface area contributed by atoms with Gasteiger partial charge in [-0.25, -0.2) is 9.59 Å². The van der Waals surface area contributed by atoms with Crippen LogP contribution in [0.5, 0.6) is 0 Å². The molecule has 0 aromatic heterocycles. The minimum absolute atomic E-state index is 0.292. The maximum Gasteiger partial charge on any atom is 0.346 e. The summed E-state index contributed by atoms with van der Waals surface area (Å²) in [7, 11) is 0. The molecule has 8 heteroatoms. The molecule has 2 saturated carbocycles. The van der Waals surface area contributed by atoms with Crippen molar-refractivity contribution >= 4 is 46.8 Å². The van der Waals surface area contributed by atoms with Crippen molar-refractivity contribution in [3.8, 4) is 12.1 Å². The summed E-state index contributed by atoms with van der Waals surface area (Å²) in [5.74, 6) is -1.58. The summed E-state index contributed by atoms with van der Waals surface area (Å²) < 4.78 is 0. The van der Waals surface area contributed by atoms with Crippen LogP contribution in [-0.2, 0) is 9.59 Å². The Morgan fingerprint density at radius 1 is 0.646 bits per heavy atom. The number of anilines is 4. The maximum absolute atomic E-state index is 11.1. The third-order valence-electron chi connectivity index (χ3n) is 10.3. The molecule has 4 aliphatic rings.